The number of morpholine rings is 1. The first kappa shape index (κ1) is 24.7. The molecule has 12 heteroatoms. The molecule has 1 saturated heterocycles. The summed E-state index contributed by atoms with van der Waals surface area (Å²) >= 11 is 0. The van der Waals surface area contributed by atoms with Crippen LogP contribution in [0, 0.1) is 0 Å². The standard InChI is InChI=1S/C22H22F3N5O4/c23-22(24,25)20(32)29-18(26)14-6-8-16(9-7-14)28-21(33)30-10-11-34-13-17(30)12-27-19(31)15-4-2-1-3-5-15/h1-9,17H,10-13H2,(H,27,31)(H,28,33)(H2,26,29,32). The van der Waals surface area contributed by atoms with E-state index in [2.05, 4.69) is 15.6 Å². The van der Waals surface area contributed by atoms with Gasteiger partial charge in [0, 0.05) is 29.9 Å². The second-order valence-electron chi connectivity index (χ2n) is 7.31. The SMILES string of the molecule is NC(=NC(=O)C(F)(F)F)c1ccc(NC(=O)N2CCOCC2CNC(=O)c2ccccc2)cc1. The van der Waals surface area contributed by atoms with Crippen LogP contribution in [-0.2, 0) is 9.53 Å². The number of alkyl halides is 3. The summed E-state index contributed by atoms with van der Waals surface area (Å²) in [5.74, 6) is -3.17. The summed E-state index contributed by atoms with van der Waals surface area (Å²) in [6.45, 7) is 1.05. The van der Waals surface area contributed by atoms with Gasteiger partial charge in [0.15, 0.2) is 0 Å². The Morgan fingerprint density at radius 2 is 1.74 bits per heavy atom. The average Bonchev–Trinajstić information content (AvgIpc) is 2.83. The van der Waals surface area contributed by atoms with Gasteiger partial charge in [0.25, 0.3) is 5.91 Å². The van der Waals surface area contributed by atoms with Gasteiger partial charge < -0.3 is 26.0 Å². The van der Waals surface area contributed by atoms with Gasteiger partial charge >= 0.3 is 18.1 Å². The number of ether oxygens (including phenoxy) is 1. The molecule has 180 valence electrons. The van der Waals surface area contributed by atoms with Crippen LogP contribution in [0.3, 0.4) is 0 Å². The number of hydrogen-bond donors (Lipinski definition) is 3. The first-order valence-electron chi connectivity index (χ1n) is 10.2. The van der Waals surface area contributed by atoms with Crippen LogP contribution in [0.15, 0.2) is 59.6 Å². The van der Waals surface area contributed by atoms with Crippen LogP contribution in [0.5, 0.6) is 0 Å². The zero-order valence-electron chi connectivity index (χ0n) is 17.8. The van der Waals surface area contributed by atoms with E-state index < -0.39 is 30.0 Å². The van der Waals surface area contributed by atoms with E-state index in [1.54, 1.807) is 30.3 Å². The Balaban J connectivity index is 1.60. The smallest absolute Gasteiger partial charge is 0.383 e. The summed E-state index contributed by atoms with van der Waals surface area (Å²) in [4.78, 5) is 40.4. The number of anilines is 1. The molecule has 1 fully saturated rings. The van der Waals surface area contributed by atoms with Gasteiger partial charge in [0.05, 0.1) is 19.3 Å². The normalized spacial score (nSPS) is 16.6. The molecule has 2 aromatic carbocycles. The zero-order chi connectivity index (χ0) is 24.7. The maximum atomic E-state index is 12.8. The predicted molar refractivity (Wildman–Crippen MR) is 117 cm³/mol. The minimum absolute atomic E-state index is 0.0865. The molecule has 4 N–H and O–H groups in total. The molecule has 1 aliphatic heterocycles. The highest BCUT2D eigenvalue weighted by molar-refractivity contribution is 6.05. The van der Waals surface area contributed by atoms with Gasteiger partial charge in [-0.25, -0.2) is 4.79 Å². The first-order valence-corrected chi connectivity index (χ1v) is 10.2. The van der Waals surface area contributed by atoms with E-state index >= 15 is 0 Å². The van der Waals surface area contributed by atoms with Crippen molar-refractivity contribution in [1.82, 2.24) is 10.2 Å². The summed E-state index contributed by atoms with van der Waals surface area (Å²) in [5, 5.41) is 5.47. The van der Waals surface area contributed by atoms with E-state index in [9.17, 15) is 27.6 Å². The topological polar surface area (TPSA) is 126 Å². The number of carbonyl (C=O) groups is 3. The predicted octanol–water partition coefficient (Wildman–Crippen LogP) is 2.14. The molecule has 1 heterocycles. The van der Waals surface area contributed by atoms with E-state index in [4.69, 9.17) is 10.5 Å². The Hall–Kier alpha value is -3.93. The van der Waals surface area contributed by atoms with Crippen molar-refractivity contribution in [3.8, 4) is 0 Å². The Morgan fingerprint density at radius 1 is 1.06 bits per heavy atom. The molecule has 0 spiro atoms. The van der Waals surface area contributed by atoms with E-state index in [-0.39, 0.29) is 24.6 Å². The quantitative estimate of drug-likeness (QED) is 0.449. The minimum Gasteiger partial charge on any atom is -0.383 e. The van der Waals surface area contributed by atoms with Crippen molar-refractivity contribution in [3.63, 3.8) is 0 Å². The Morgan fingerprint density at radius 3 is 2.38 bits per heavy atom. The number of rotatable bonds is 5. The van der Waals surface area contributed by atoms with E-state index in [1.165, 1.54) is 29.2 Å². The van der Waals surface area contributed by atoms with Gasteiger partial charge in [0.1, 0.15) is 5.84 Å². The summed E-state index contributed by atoms with van der Waals surface area (Å²) in [6, 6.07) is 13.3. The summed E-state index contributed by atoms with van der Waals surface area (Å²) < 4.78 is 42.4. The van der Waals surface area contributed by atoms with Crippen molar-refractivity contribution in [2.24, 2.45) is 10.7 Å². The molecule has 1 unspecified atom stereocenters. The number of urea groups is 1. The van der Waals surface area contributed by atoms with Crippen LogP contribution < -0.4 is 16.4 Å². The third kappa shape index (κ3) is 6.54. The number of nitrogens with one attached hydrogen (secondary N) is 2. The molecular weight excluding hydrogens is 455 g/mol. The fourth-order valence-electron chi connectivity index (χ4n) is 3.15. The van der Waals surface area contributed by atoms with Crippen molar-refractivity contribution in [3.05, 3.63) is 65.7 Å². The molecular formula is C22H22F3N5O4. The Labute approximate surface area is 192 Å². The molecule has 0 aliphatic carbocycles. The molecule has 1 aliphatic rings. The highest BCUT2D eigenvalue weighted by atomic mass is 19.4. The zero-order valence-corrected chi connectivity index (χ0v) is 17.8. The summed E-state index contributed by atoms with van der Waals surface area (Å²) in [6.07, 6.45) is -5.12. The lowest BCUT2D eigenvalue weighted by molar-refractivity contribution is -0.169. The number of hydrogen-bond acceptors (Lipinski definition) is 4. The first-order chi connectivity index (χ1) is 16.1. The number of amidine groups is 1. The molecule has 0 radical (unpaired) electrons. The maximum absolute atomic E-state index is 12.8. The third-order valence-electron chi connectivity index (χ3n) is 4.92. The fraction of sp³-hybridized carbons (Fsp3) is 0.273. The minimum atomic E-state index is -5.12. The van der Waals surface area contributed by atoms with Crippen LogP contribution in [0.25, 0.3) is 0 Å². The summed E-state index contributed by atoms with van der Waals surface area (Å²) in [5.41, 5.74) is 6.40. The fourth-order valence-corrected chi connectivity index (χ4v) is 3.15. The maximum Gasteiger partial charge on any atom is 0.473 e. The number of carbonyl (C=O) groups excluding carboxylic acids is 3. The largest absolute Gasteiger partial charge is 0.473 e. The number of nitrogens with two attached hydrogens (primary N) is 1. The number of nitrogens with zero attached hydrogens (tertiary/aromatic N) is 2. The Bertz CT molecular complexity index is 1060. The monoisotopic (exact) mass is 477 g/mol. The lowest BCUT2D eigenvalue weighted by atomic mass is 10.2. The van der Waals surface area contributed by atoms with E-state index in [1.807, 2.05) is 0 Å². The molecule has 1 atom stereocenters. The second kappa shape index (κ2) is 10.8. The molecule has 0 saturated carbocycles. The summed E-state index contributed by atoms with van der Waals surface area (Å²) in [7, 11) is 0. The van der Waals surface area contributed by atoms with Gasteiger partial charge in [-0.1, -0.05) is 18.2 Å². The van der Waals surface area contributed by atoms with Gasteiger partial charge in [-0.05, 0) is 36.4 Å². The van der Waals surface area contributed by atoms with Gasteiger partial charge in [-0.3, -0.25) is 9.59 Å². The number of amides is 4. The van der Waals surface area contributed by atoms with Crippen molar-refractivity contribution >= 4 is 29.4 Å². The van der Waals surface area contributed by atoms with Crippen molar-refractivity contribution in [2.45, 2.75) is 12.2 Å². The molecule has 9 nitrogen and oxygen atoms in total. The van der Waals surface area contributed by atoms with Gasteiger partial charge in [0.2, 0.25) is 0 Å². The van der Waals surface area contributed by atoms with Gasteiger partial charge in [-0.2, -0.15) is 18.2 Å². The average molecular weight is 477 g/mol. The molecule has 34 heavy (non-hydrogen) atoms. The molecule has 0 bridgehead atoms. The lowest BCUT2D eigenvalue weighted by Gasteiger charge is -2.35. The van der Waals surface area contributed by atoms with Gasteiger partial charge in [-0.15, -0.1) is 0 Å². The van der Waals surface area contributed by atoms with Crippen molar-refractivity contribution in [1.29, 1.82) is 0 Å². The van der Waals surface area contributed by atoms with Crippen LogP contribution in [0.2, 0.25) is 0 Å². The molecule has 4 amide bonds. The third-order valence-corrected chi connectivity index (χ3v) is 4.92. The van der Waals surface area contributed by atoms with Crippen molar-refractivity contribution in [2.75, 3.05) is 31.6 Å². The highest BCUT2D eigenvalue weighted by Crippen LogP contribution is 2.18. The van der Waals surface area contributed by atoms with Crippen LogP contribution in [0.1, 0.15) is 15.9 Å². The van der Waals surface area contributed by atoms with E-state index in [0.29, 0.717) is 24.4 Å². The number of halogens is 3. The highest BCUT2D eigenvalue weighted by Gasteiger charge is 2.38. The molecule has 0 aromatic heterocycles. The molecule has 3 rings (SSSR count). The van der Waals surface area contributed by atoms with Crippen LogP contribution in [-0.4, -0.2) is 67.1 Å². The lowest BCUT2D eigenvalue weighted by Crippen LogP contribution is -2.54. The van der Waals surface area contributed by atoms with Crippen LogP contribution >= 0.6 is 0 Å². The van der Waals surface area contributed by atoms with Crippen molar-refractivity contribution < 1.29 is 32.3 Å². The molecule has 2 aromatic rings. The Kier molecular flexibility index (Phi) is 7.84. The number of aliphatic imine (C=N–C) groups is 1. The van der Waals surface area contributed by atoms with E-state index in [0.717, 1.165) is 0 Å². The van der Waals surface area contributed by atoms with Crippen LogP contribution in [0.4, 0.5) is 23.7 Å². The number of benzene rings is 2. The second-order valence-corrected chi connectivity index (χ2v) is 7.31.